The summed E-state index contributed by atoms with van der Waals surface area (Å²) in [7, 11) is 0. The minimum atomic E-state index is -0.496. The van der Waals surface area contributed by atoms with Gasteiger partial charge in [0.2, 0.25) is 5.91 Å². The molecule has 0 radical (unpaired) electrons. The predicted molar refractivity (Wildman–Crippen MR) is 99.3 cm³/mol. The number of hydrogen-bond acceptors (Lipinski definition) is 4. The highest BCUT2D eigenvalue weighted by Gasteiger charge is 2.21. The molecule has 0 spiro atoms. The van der Waals surface area contributed by atoms with E-state index < -0.39 is 6.10 Å². The van der Waals surface area contributed by atoms with Crippen molar-refractivity contribution in [2.75, 3.05) is 44.6 Å². The number of piperazine rings is 1. The van der Waals surface area contributed by atoms with E-state index in [1.54, 1.807) is 12.1 Å². The Morgan fingerprint density at radius 2 is 1.62 bits per heavy atom. The lowest BCUT2D eigenvalue weighted by Gasteiger charge is -2.35. The first kappa shape index (κ1) is 18.5. The van der Waals surface area contributed by atoms with Crippen molar-refractivity contribution in [2.45, 2.75) is 6.10 Å². The Hall–Kier alpha value is -2.28. The van der Waals surface area contributed by atoms with Crippen LogP contribution in [0.25, 0.3) is 0 Å². The third kappa shape index (κ3) is 5.36. The first-order valence-electron chi connectivity index (χ1n) is 8.83. The molecular formula is C20H24FN3O2. The summed E-state index contributed by atoms with van der Waals surface area (Å²) in [5.74, 6) is -0.425. The lowest BCUT2D eigenvalue weighted by atomic mass is 10.1. The summed E-state index contributed by atoms with van der Waals surface area (Å²) < 4.78 is 12.9. The van der Waals surface area contributed by atoms with E-state index in [0.717, 1.165) is 31.7 Å². The highest BCUT2D eigenvalue weighted by Crippen LogP contribution is 2.15. The Balaban J connectivity index is 1.40. The van der Waals surface area contributed by atoms with E-state index in [1.165, 1.54) is 12.1 Å². The fraction of sp³-hybridized carbons (Fsp3) is 0.350. The zero-order valence-electron chi connectivity index (χ0n) is 14.6. The van der Waals surface area contributed by atoms with E-state index in [4.69, 9.17) is 0 Å². The number of amides is 1. The molecule has 1 aliphatic heterocycles. The molecule has 5 nitrogen and oxygen atoms in total. The smallest absolute Gasteiger partial charge is 0.238 e. The zero-order valence-corrected chi connectivity index (χ0v) is 14.6. The van der Waals surface area contributed by atoms with Gasteiger partial charge < -0.3 is 10.4 Å². The molecule has 26 heavy (non-hydrogen) atoms. The molecule has 138 valence electrons. The molecule has 1 saturated heterocycles. The van der Waals surface area contributed by atoms with Crippen LogP contribution in [-0.4, -0.2) is 60.1 Å². The van der Waals surface area contributed by atoms with Gasteiger partial charge in [-0.2, -0.15) is 0 Å². The van der Waals surface area contributed by atoms with Gasteiger partial charge in [0.25, 0.3) is 0 Å². The van der Waals surface area contributed by atoms with E-state index in [-0.39, 0.29) is 11.7 Å². The molecule has 0 aliphatic carbocycles. The molecule has 3 rings (SSSR count). The molecule has 2 aromatic rings. The Labute approximate surface area is 153 Å². The second-order valence-corrected chi connectivity index (χ2v) is 6.56. The van der Waals surface area contributed by atoms with Crippen molar-refractivity contribution < 1.29 is 14.3 Å². The molecule has 6 heteroatoms. The minimum absolute atomic E-state index is 0.102. The lowest BCUT2D eigenvalue weighted by molar-refractivity contribution is -0.117. The average molecular weight is 357 g/mol. The fourth-order valence-electron chi connectivity index (χ4n) is 3.09. The second-order valence-electron chi connectivity index (χ2n) is 6.56. The van der Waals surface area contributed by atoms with Crippen LogP contribution in [0, 0.1) is 5.82 Å². The summed E-state index contributed by atoms with van der Waals surface area (Å²) in [6, 6.07) is 15.4. The highest BCUT2D eigenvalue weighted by atomic mass is 19.1. The number of halogens is 1. The number of carbonyl (C=O) groups excluding carboxylic acids is 1. The Morgan fingerprint density at radius 3 is 2.27 bits per heavy atom. The van der Waals surface area contributed by atoms with Crippen molar-refractivity contribution in [1.29, 1.82) is 0 Å². The fourth-order valence-corrected chi connectivity index (χ4v) is 3.09. The van der Waals surface area contributed by atoms with Crippen LogP contribution in [0.3, 0.4) is 0 Å². The standard InChI is InChI=1S/C20H24FN3O2/c21-17-6-8-18(9-7-17)22-20(26)15-24-12-10-23(11-13-24)14-19(25)16-4-2-1-3-5-16/h1-9,19,25H,10-15H2,(H,22,26)/t19-/m0/s1. The molecule has 1 heterocycles. The first-order valence-corrected chi connectivity index (χ1v) is 8.83. The van der Waals surface area contributed by atoms with Gasteiger partial charge >= 0.3 is 0 Å². The largest absolute Gasteiger partial charge is 0.387 e. The summed E-state index contributed by atoms with van der Waals surface area (Å²) in [5, 5.41) is 13.1. The van der Waals surface area contributed by atoms with Gasteiger partial charge in [-0.1, -0.05) is 30.3 Å². The quantitative estimate of drug-likeness (QED) is 0.832. The van der Waals surface area contributed by atoms with E-state index >= 15 is 0 Å². The van der Waals surface area contributed by atoms with Crippen molar-refractivity contribution in [3.05, 3.63) is 66.0 Å². The predicted octanol–water partition coefficient (Wildman–Crippen LogP) is 2.12. The SMILES string of the molecule is O=C(CN1CCN(C[C@H](O)c2ccccc2)CC1)Nc1ccc(F)cc1. The summed E-state index contributed by atoms with van der Waals surface area (Å²) in [6.07, 6.45) is -0.496. The summed E-state index contributed by atoms with van der Waals surface area (Å²) >= 11 is 0. The van der Waals surface area contributed by atoms with Crippen LogP contribution in [0.5, 0.6) is 0 Å². The third-order valence-electron chi connectivity index (χ3n) is 4.58. The maximum absolute atomic E-state index is 12.9. The van der Waals surface area contributed by atoms with Crippen LogP contribution in [0.15, 0.2) is 54.6 Å². The van der Waals surface area contributed by atoms with E-state index in [1.807, 2.05) is 30.3 Å². The van der Waals surface area contributed by atoms with Crippen LogP contribution in [0.4, 0.5) is 10.1 Å². The van der Waals surface area contributed by atoms with E-state index in [2.05, 4.69) is 15.1 Å². The lowest BCUT2D eigenvalue weighted by Crippen LogP contribution is -2.49. The number of carbonyl (C=O) groups is 1. The minimum Gasteiger partial charge on any atom is -0.387 e. The van der Waals surface area contributed by atoms with Gasteiger partial charge in [0.15, 0.2) is 0 Å². The van der Waals surface area contributed by atoms with Crippen LogP contribution < -0.4 is 5.32 Å². The van der Waals surface area contributed by atoms with Gasteiger partial charge in [-0.05, 0) is 29.8 Å². The number of hydrogen-bond donors (Lipinski definition) is 2. The van der Waals surface area contributed by atoms with Crippen molar-refractivity contribution in [3.63, 3.8) is 0 Å². The van der Waals surface area contributed by atoms with Crippen molar-refractivity contribution in [2.24, 2.45) is 0 Å². The van der Waals surface area contributed by atoms with Gasteiger partial charge in [0, 0.05) is 38.4 Å². The van der Waals surface area contributed by atoms with Crippen LogP contribution >= 0.6 is 0 Å². The van der Waals surface area contributed by atoms with Crippen LogP contribution in [0.1, 0.15) is 11.7 Å². The summed E-state index contributed by atoms with van der Waals surface area (Å²) in [4.78, 5) is 16.4. The van der Waals surface area contributed by atoms with E-state index in [0.29, 0.717) is 18.8 Å². The number of nitrogens with zero attached hydrogens (tertiary/aromatic N) is 2. The van der Waals surface area contributed by atoms with Crippen molar-refractivity contribution in [3.8, 4) is 0 Å². The number of β-amino-alcohol motifs (C(OH)–C–C–N with tert-alkyl or cyclic N) is 1. The van der Waals surface area contributed by atoms with Gasteiger partial charge in [0.1, 0.15) is 5.82 Å². The topological polar surface area (TPSA) is 55.8 Å². The van der Waals surface area contributed by atoms with Gasteiger partial charge in [-0.15, -0.1) is 0 Å². The molecule has 2 aromatic carbocycles. The number of rotatable bonds is 6. The number of benzene rings is 2. The number of nitrogens with one attached hydrogen (secondary N) is 1. The molecule has 1 atom stereocenters. The summed E-state index contributed by atoms with van der Waals surface area (Å²) in [6.45, 7) is 4.09. The van der Waals surface area contributed by atoms with Gasteiger partial charge in [0.05, 0.1) is 12.6 Å². The van der Waals surface area contributed by atoms with Gasteiger partial charge in [-0.25, -0.2) is 4.39 Å². The number of aliphatic hydroxyl groups excluding tert-OH is 1. The molecule has 0 aromatic heterocycles. The molecule has 0 bridgehead atoms. The molecular weight excluding hydrogens is 333 g/mol. The summed E-state index contributed by atoms with van der Waals surface area (Å²) in [5.41, 5.74) is 1.52. The molecule has 1 fully saturated rings. The molecule has 0 saturated carbocycles. The first-order chi connectivity index (χ1) is 12.6. The van der Waals surface area contributed by atoms with Crippen LogP contribution in [-0.2, 0) is 4.79 Å². The third-order valence-corrected chi connectivity index (χ3v) is 4.58. The Morgan fingerprint density at radius 1 is 1.00 bits per heavy atom. The zero-order chi connectivity index (χ0) is 18.4. The van der Waals surface area contributed by atoms with Gasteiger partial charge in [-0.3, -0.25) is 14.6 Å². The maximum atomic E-state index is 12.9. The average Bonchev–Trinajstić information content (AvgIpc) is 2.66. The normalized spacial score (nSPS) is 17.0. The monoisotopic (exact) mass is 357 g/mol. The highest BCUT2D eigenvalue weighted by molar-refractivity contribution is 5.92. The molecule has 1 aliphatic rings. The number of anilines is 1. The van der Waals surface area contributed by atoms with Crippen molar-refractivity contribution >= 4 is 11.6 Å². The molecule has 2 N–H and O–H groups in total. The molecule has 1 amide bonds. The molecule has 0 unspecified atom stereocenters. The number of aliphatic hydroxyl groups is 1. The second kappa shape index (κ2) is 8.89. The Kier molecular flexibility index (Phi) is 6.33. The van der Waals surface area contributed by atoms with E-state index in [9.17, 15) is 14.3 Å². The van der Waals surface area contributed by atoms with Crippen molar-refractivity contribution in [1.82, 2.24) is 9.80 Å². The Bertz CT molecular complexity index is 701. The maximum Gasteiger partial charge on any atom is 0.238 e. The van der Waals surface area contributed by atoms with Crippen LogP contribution in [0.2, 0.25) is 0 Å².